The fraction of sp³-hybridized carbons (Fsp3) is 0.308. The highest BCUT2D eigenvalue weighted by molar-refractivity contribution is 5.90. The van der Waals surface area contributed by atoms with Crippen molar-refractivity contribution in [2.75, 3.05) is 20.2 Å². The summed E-state index contributed by atoms with van der Waals surface area (Å²) in [5.41, 5.74) is 3.02. The zero-order chi connectivity index (χ0) is 11.4. The van der Waals surface area contributed by atoms with Crippen molar-refractivity contribution in [2.45, 2.75) is 6.42 Å². The lowest BCUT2D eigenvalue weighted by Gasteiger charge is -2.14. The number of rotatable bonds is 2. The van der Waals surface area contributed by atoms with Crippen molar-refractivity contribution in [2.24, 2.45) is 0 Å². The van der Waals surface area contributed by atoms with E-state index in [0.29, 0.717) is 5.56 Å². The van der Waals surface area contributed by atoms with Gasteiger partial charge in [0.1, 0.15) is 0 Å². The van der Waals surface area contributed by atoms with E-state index < -0.39 is 0 Å². The first kappa shape index (κ1) is 13.7. The third-order valence-electron chi connectivity index (χ3n) is 2.72. The van der Waals surface area contributed by atoms with Crippen LogP contribution in [0.2, 0.25) is 0 Å². The van der Waals surface area contributed by atoms with E-state index >= 15 is 0 Å². The predicted octanol–water partition coefficient (Wildman–Crippen LogP) is 2.27. The first-order valence-corrected chi connectivity index (χ1v) is 5.40. The summed E-state index contributed by atoms with van der Waals surface area (Å²) in [6.45, 7) is 1.89. The van der Waals surface area contributed by atoms with Gasteiger partial charge in [-0.1, -0.05) is 18.2 Å². The second-order valence-electron chi connectivity index (χ2n) is 3.76. The summed E-state index contributed by atoms with van der Waals surface area (Å²) in [7, 11) is 1.40. The third kappa shape index (κ3) is 3.32. The van der Waals surface area contributed by atoms with Gasteiger partial charge in [-0.3, -0.25) is 0 Å². The Kier molecular flexibility index (Phi) is 5.19. The minimum Gasteiger partial charge on any atom is -0.465 e. The quantitative estimate of drug-likeness (QED) is 0.822. The van der Waals surface area contributed by atoms with E-state index in [1.54, 1.807) is 6.07 Å². The van der Waals surface area contributed by atoms with E-state index in [1.807, 2.05) is 18.2 Å². The Morgan fingerprint density at radius 3 is 2.88 bits per heavy atom. The van der Waals surface area contributed by atoms with E-state index in [9.17, 15) is 4.79 Å². The van der Waals surface area contributed by atoms with Crippen molar-refractivity contribution in [3.63, 3.8) is 0 Å². The van der Waals surface area contributed by atoms with E-state index in [4.69, 9.17) is 4.74 Å². The van der Waals surface area contributed by atoms with Crippen LogP contribution in [-0.2, 0) is 4.74 Å². The first-order valence-electron chi connectivity index (χ1n) is 5.40. The normalized spacial score (nSPS) is 14.5. The van der Waals surface area contributed by atoms with Crippen LogP contribution in [-0.4, -0.2) is 26.2 Å². The minimum absolute atomic E-state index is 0. The van der Waals surface area contributed by atoms with E-state index in [-0.39, 0.29) is 18.4 Å². The van der Waals surface area contributed by atoms with E-state index in [1.165, 1.54) is 12.7 Å². The summed E-state index contributed by atoms with van der Waals surface area (Å²) >= 11 is 0. The van der Waals surface area contributed by atoms with Crippen molar-refractivity contribution in [1.82, 2.24) is 5.32 Å². The number of carbonyl (C=O) groups is 1. The molecule has 0 amide bonds. The van der Waals surface area contributed by atoms with E-state index in [0.717, 1.165) is 25.1 Å². The van der Waals surface area contributed by atoms with E-state index in [2.05, 4.69) is 11.4 Å². The van der Waals surface area contributed by atoms with Gasteiger partial charge in [0.2, 0.25) is 0 Å². The highest BCUT2D eigenvalue weighted by atomic mass is 35.5. The molecule has 1 aromatic rings. The molecule has 0 atom stereocenters. The van der Waals surface area contributed by atoms with Gasteiger partial charge in [-0.15, -0.1) is 12.4 Å². The third-order valence-corrected chi connectivity index (χ3v) is 2.72. The number of benzene rings is 1. The molecule has 3 nitrogen and oxygen atoms in total. The van der Waals surface area contributed by atoms with Crippen molar-refractivity contribution >= 4 is 23.9 Å². The maximum absolute atomic E-state index is 11.4. The van der Waals surface area contributed by atoms with Crippen LogP contribution in [0.25, 0.3) is 5.57 Å². The van der Waals surface area contributed by atoms with Crippen LogP contribution >= 0.6 is 12.4 Å². The standard InChI is InChI=1S/C13H15NO2.ClH/c1-16-13(15)12-4-2-3-11(9-12)10-5-7-14-8-6-10;/h2-5,9,14H,6-8H2,1H3;1H. The molecule has 92 valence electrons. The molecule has 1 aliphatic rings. The Morgan fingerprint density at radius 2 is 2.24 bits per heavy atom. The zero-order valence-electron chi connectivity index (χ0n) is 9.73. The molecule has 0 spiro atoms. The second-order valence-corrected chi connectivity index (χ2v) is 3.76. The van der Waals surface area contributed by atoms with Crippen LogP contribution in [0.5, 0.6) is 0 Å². The Bertz CT molecular complexity index is 429. The minimum atomic E-state index is -0.281. The van der Waals surface area contributed by atoms with Gasteiger partial charge >= 0.3 is 5.97 Å². The topological polar surface area (TPSA) is 38.3 Å². The molecule has 1 heterocycles. The molecule has 0 aromatic heterocycles. The molecule has 0 saturated carbocycles. The number of methoxy groups -OCH3 is 1. The average Bonchev–Trinajstić information content (AvgIpc) is 2.39. The Hall–Kier alpha value is -1.32. The van der Waals surface area contributed by atoms with Crippen molar-refractivity contribution < 1.29 is 9.53 Å². The van der Waals surface area contributed by atoms with Gasteiger partial charge in [0.05, 0.1) is 12.7 Å². The lowest BCUT2D eigenvalue weighted by Crippen LogP contribution is -2.20. The molecule has 1 aromatic carbocycles. The smallest absolute Gasteiger partial charge is 0.337 e. The summed E-state index contributed by atoms with van der Waals surface area (Å²) in [6.07, 6.45) is 3.17. The fourth-order valence-corrected chi connectivity index (χ4v) is 1.85. The number of esters is 1. The van der Waals surface area contributed by atoms with Gasteiger partial charge in [0.15, 0.2) is 0 Å². The summed E-state index contributed by atoms with van der Waals surface area (Å²) in [5.74, 6) is -0.281. The highest BCUT2D eigenvalue weighted by Gasteiger charge is 2.09. The van der Waals surface area contributed by atoms with Gasteiger partial charge in [-0.25, -0.2) is 4.79 Å². The van der Waals surface area contributed by atoms with Gasteiger partial charge < -0.3 is 10.1 Å². The van der Waals surface area contributed by atoms with Crippen LogP contribution in [0.4, 0.5) is 0 Å². The molecule has 1 aliphatic heterocycles. The summed E-state index contributed by atoms with van der Waals surface area (Å²) in [4.78, 5) is 11.4. The maximum Gasteiger partial charge on any atom is 0.337 e. The molecule has 0 fully saturated rings. The maximum atomic E-state index is 11.4. The SMILES string of the molecule is COC(=O)c1cccc(C2=CCNCC2)c1.Cl. The number of nitrogens with one attached hydrogen (secondary N) is 1. The van der Waals surface area contributed by atoms with Crippen molar-refractivity contribution in [3.05, 3.63) is 41.5 Å². The van der Waals surface area contributed by atoms with Crippen LogP contribution in [0.15, 0.2) is 30.3 Å². The molecule has 17 heavy (non-hydrogen) atoms. The number of carbonyl (C=O) groups excluding carboxylic acids is 1. The summed E-state index contributed by atoms with van der Waals surface area (Å²) in [6, 6.07) is 7.59. The lowest BCUT2D eigenvalue weighted by atomic mass is 9.98. The number of hydrogen-bond donors (Lipinski definition) is 1. The van der Waals surface area contributed by atoms with Gasteiger partial charge in [-0.2, -0.15) is 0 Å². The van der Waals surface area contributed by atoms with Crippen LogP contribution in [0.3, 0.4) is 0 Å². The molecule has 0 radical (unpaired) electrons. The molecule has 0 aliphatic carbocycles. The Morgan fingerprint density at radius 1 is 1.41 bits per heavy atom. The van der Waals surface area contributed by atoms with Crippen LogP contribution in [0.1, 0.15) is 22.3 Å². The van der Waals surface area contributed by atoms with Crippen LogP contribution in [0, 0.1) is 0 Å². The monoisotopic (exact) mass is 253 g/mol. The number of halogens is 1. The Balaban J connectivity index is 0.00000144. The summed E-state index contributed by atoms with van der Waals surface area (Å²) < 4.78 is 4.71. The number of ether oxygens (including phenoxy) is 1. The van der Waals surface area contributed by atoms with Gasteiger partial charge in [-0.05, 0) is 36.2 Å². The van der Waals surface area contributed by atoms with Crippen molar-refractivity contribution in [3.8, 4) is 0 Å². The Labute approximate surface area is 107 Å². The fourth-order valence-electron chi connectivity index (χ4n) is 1.85. The van der Waals surface area contributed by atoms with Gasteiger partial charge in [0, 0.05) is 6.54 Å². The molecular formula is C13H16ClNO2. The highest BCUT2D eigenvalue weighted by Crippen LogP contribution is 2.20. The molecule has 1 N–H and O–H groups in total. The molecule has 0 bridgehead atoms. The molecule has 0 saturated heterocycles. The first-order chi connectivity index (χ1) is 7.81. The largest absolute Gasteiger partial charge is 0.465 e. The molecule has 4 heteroatoms. The lowest BCUT2D eigenvalue weighted by molar-refractivity contribution is 0.0600. The average molecular weight is 254 g/mol. The summed E-state index contributed by atoms with van der Waals surface area (Å²) in [5, 5.41) is 3.27. The zero-order valence-corrected chi connectivity index (χ0v) is 10.5. The molecular weight excluding hydrogens is 238 g/mol. The van der Waals surface area contributed by atoms with Crippen molar-refractivity contribution in [1.29, 1.82) is 0 Å². The predicted molar refractivity (Wildman–Crippen MR) is 70.5 cm³/mol. The second kappa shape index (κ2) is 6.42. The van der Waals surface area contributed by atoms with Crippen LogP contribution < -0.4 is 5.32 Å². The molecule has 0 unspecified atom stereocenters. The van der Waals surface area contributed by atoms with Gasteiger partial charge in [0.25, 0.3) is 0 Å². The number of hydrogen-bond acceptors (Lipinski definition) is 3. The molecule has 2 rings (SSSR count).